The quantitative estimate of drug-likeness (QED) is 0.572. The molecule has 0 radical (unpaired) electrons. The van der Waals surface area contributed by atoms with Gasteiger partial charge in [-0.1, -0.05) is 6.92 Å². The van der Waals surface area contributed by atoms with Gasteiger partial charge in [-0.05, 0) is 19.8 Å². The molecule has 1 fully saturated rings. The average Bonchev–Trinajstić information content (AvgIpc) is 2.37. The van der Waals surface area contributed by atoms with E-state index >= 15 is 0 Å². The molecule has 0 spiro atoms. The summed E-state index contributed by atoms with van der Waals surface area (Å²) in [6, 6.07) is -0.301. The van der Waals surface area contributed by atoms with E-state index in [2.05, 4.69) is 5.32 Å². The van der Waals surface area contributed by atoms with Crippen molar-refractivity contribution in [1.82, 2.24) is 10.2 Å². The number of alkyl halides is 1. The van der Waals surface area contributed by atoms with Crippen LogP contribution in [-0.4, -0.2) is 34.8 Å². The van der Waals surface area contributed by atoms with E-state index in [0.717, 1.165) is 0 Å². The number of urea groups is 1. The van der Waals surface area contributed by atoms with Crippen molar-refractivity contribution < 1.29 is 9.59 Å². The molecule has 1 aliphatic rings. The number of hydrogen-bond acceptors (Lipinski definition) is 2. The summed E-state index contributed by atoms with van der Waals surface area (Å²) in [5.74, 6) is 0.315. The summed E-state index contributed by atoms with van der Waals surface area (Å²) in [6.45, 7) is 4.03. The maximum Gasteiger partial charge on any atom is 0.325 e. The monoisotopic (exact) mass is 218 g/mol. The molecule has 1 atom stereocenters. The van der Waals surface area contributed by atoms with Crippen molar-refractivity contribution in [3.63, 3.8) is 0 Å². The lowest BCUT2D eigenvalue weighted by Crippen LogP contribution is -2.43. The number of carbonyl (C=O) groups excluding carboxylic acids is 2. The average molecular weight is 219 g/mol. The molecule has 0 unspecified atom stereocenters. The van der Waals surface area contributed by atoms with E-state index < -0.39 is 5.54 Å². The third-order valence-electron chi connectivity index (χ3n) is 2.57. The number of carbonyl (C=O) groups is 2. The maximum atomic E-state index is 11.8. The molecule has 0 aromatic carbocycles. The highest BCUT2D eigenvalue weighted by Gasteiger charge is 2.45. The minimum Gasteiger partial charge on any atom is -0.323 e. The van der Waals surface area contributed by atoms with Crippen molar-refractivity contribution in [3.8, 4) is 0 Å². The Bertz CT molecular complexity index is 257. The SMILES string of the molecule is CC[C@@]1(C)NC(=O)N(CCCCl)C1=O. The molecule has 1 rings (SSSR count). The van der Waals surface area contributed by atoms with Gasteiger partial charge in [-0.3, -0.25) is 9.69 Å². The molecular formula is C9H15ClN2O2. The third kappa shape index (κ3) is 1.85. The van der Waals surface area contributed by atoms with Gasteiger partial charge in [0.25, 0.3) is 5.91 Å². The van der Waals surface area contributed by atoms with Crippen LogP contribution in [0, 0.1) is 0 Å². The summed E-state index contributed by atoms with van der Waals surface area (Å²) in [5.41, 5.74) is -0.719. The molecule has 1 aliphatic heterocycles. The van der Waals surface area contributed by atoms with E-state index in [1.807, 2.05) is 6.92 Å². The molecular weight excluding hydrogens is 204 g/mol. The van der Waals surface area contributed by atoms with Gasteiger partial charge >= 0.3 is 6.03 Å². The Morgan fingerprint density at radius 2 is 2.14 bits per heavy atom. The fourth-order valence-corrected chi connectivity index (χ4v) is 1.53. The first-order valence-electron chi connectivity index (χ1n) is 4.75. The molecule has 1 heterocycles. The van der Waals surface area contributed by atoms with Crippen molar-refractivity contribution in [2.75, 3.05) is 12.4 Å². The Kier molecular flexibility index (Phi) is 3.37. The van der Waals surface area contributed by atoms with Gasteiger partial charge in [-0.15, -0.1) is 11.6 Å². The third-order valence-corrected chi connectivity index (χ3v) is 2.83. The fourth-order valence-electron chi connectivity index (χ4n) is 1.41. The van der Waals surface area contributed by atoms with Crippen LogP contribution in [-0.2, 0) is 4.79 Å². The van der Waals surface area contributed by atoms with Crippen LogP contribution in [0.15, 0.2) is 0 Å². The number of amides is 3. The Morgan fingerprint density at radius 1 is 1.50 bits per heavy atom. The van der Waals surface area contributed by atoms with Gasteiger partial charge in [0.05, 0.1) is 0 Å². The maximum absolute atomic E-state index is 11.8. The zero-order chi connectivity index (χ0) is 10.8. The van der Waals surface area contributed by atoms with E-state index in [4.69, 9.17) is 11.6 Å². The second-order valence-electron chi connectivity index (χ2n) is 3.62. The van der Waals surface area contributed by atoms with Gasteiger partial charge in [0.15, 0.2) is 0 Å². The second-order valence-corrected chi connectivity index (χ2v) is 3.99. The van der Waals surface area contributed by atoms with Crippen molar-refractivity contribution in [2.24, 2.45) is 0 Å². The van der Waals surface area contributed by atoms with E-state index in [-0.39, 0.29) is 11.9 Å². The first-order chi connectivity index (χ1) is 6.55. The van der Waals surface area contributed by atoms with Crippen molar-refractivity contribution >= 4 is 23.5 Å². The molecule has 14 heavy (non-hydrogen) atoms. The zero-order valence-corrected chi connectivity index (χ0v) is 9.23. The molecule has 0 saturated carbocycles. The van der Waals surface area contributed by atoms with Crippen molar-refractivity contribution in [2.45, 2.75) is 32.2 Å². The largest absolute Gasteiger partial charge is 0.325 e. The number of rotatable bonds is 4. The van der Waals surface area contributed by atoms with Gasteiger partial charge in [-0.25, -0.2) is 4.79 Å². The molecule has 1 N–H and O–H groups in total. The highest BCUT2D eigenvalue weighted by molar-refractivity contribution is 6.17. The minimum atomic E-state index is -0.719. The minimum absolute atomic E-state index is 0.143. The smallest absolute Gasteiger partial charge is 0.323 e. The highest BCUT2D eigenvalue weighted by atomic mass is 35.5. The van der Waals surface area contributed by atoms with Crippen molar-refractivity contribution in [1.29, 1.82) is 0 Å². The Hall–Kier alpha value is -0.770. The van der Waals surface area contributed by atoms with Crippen LogP contribution < -0.4 is 5.32 Å². The normalized spacial score (nSPS) is 26.9. The molecule has 1 saturated heterocycles. The van der Waals surface area contributed by atoms with E-state index in [0.29, 0.717) is 25.3 Å². The predicted molar refractivity (Wildman–Crippen MR) is 54.3 cm³/mol. The number of imide groups is 1. The van der Waals surface area contributed by atoms with Gasteiger partial charge in [0.1, 0.15) is 5.54 Å². The summed E-state index contributed by atoms with van der Waals surface area (Å²) >= 11 is 5.51. The van der Waals surface area contributed by atoms with Crippen LogP contribution in [0.2, 0.25) is 0 Å². The van der Waals surface area contributed by atoms with E-state index in [1.165, 1.54) is 4.90 Å². The molecule has 0 aromatic rings. The summed E-state index contributed by atoms with van der Waals surface area (Å²) in [7, 11) is 0. The topological polar surface area (TPSA) is 49.4 Å². The molecule has 80 valence electrons. The van der Waals surface area contributed by atoms with Crippen LogP contribution in [0.1, 0.15) is 26.7 Å². The van der Waals surface area contributed by atoms with E-state index in [9.17, 15) is 9.59 Å². The lowest BCUT2D eigenvalue weighted by atomic mass is 9.99. The summed E-state index contributed by atoms with van der Waals surface area (Å²) < 4.78 is 0. The Labute approximate surface area is 88.6 Å². The number of nitrogens with one attached hydrogen (secondary N) is 1. The van der Waals surface area contributed by atoms with E-state index in [1.54, 1.807) is 6.92 Å². The molecule has 0 aromatic heterocycles. The van der Waals surface area contributed by atoms with Gasteiger partial charge in [0, 0.05) is 12.4 Å². The number of hydrogen-bond donors (Lipinski definition) is 1. The molecule has 0 aliphatic carbocycles. The number of nitrogens with zero attached hydrogens (tertiary/aromatic N) is 1. The van der Waals surface area contributed by atoms with Crippen LogP contribution in [0.5, 0.6) is 0 Å². The van der Waals surface area contributed by atoms with Crippen molar-refractivity contribution in [3.05, 3.63) is 0 Å². The lowest BCUT2D eigenvalue weighted by Gasteiger charge is -2.18. The molecule has 4 nitrogen and oxygen atoms in total. The van der Waals surface area contributed by atoms with Crippen LogP contribution in [0.25, 0.3) is 0 Å². The summed E-state index contributed by atoms with van der Waals surface area (Å²) in [4.78, 5) is 24.4. The molecule has 0 bridgehead atoms. The Morgan fingerprint density at radius 3 is 2.57 bits per heavy atom. The standard InChI is InChI=1S/C9H15ClN2O2/c1-3-9(2)7(13)12(6-4-5-10)8(14)11-9/h3-6H2,1-2H3,(H,11,14)/t9-/m1/s1. The lowest BCUT2D eigenvalue weighted by molar-refractivity contribution is -0.130. The second kappa shape index (κ2) is 4.17. The van der Waals surface area contributed by atoms with Gasteiger partial charge < -0.3 is 5.32 Å². The summed E-state index contributed by atoms with van der Waals surface area (Å²) in [6.07, 6.45) is 1.25. The summed E-state index contributed by atoms with van der Waals surface area (Å²) in [5, 5.41) is 2.68. The molecule has 3 amide bonds. The first-order valence-corrected chi connectivity index (χ1v) is 5.28. The van der Waals surface area contributed by atoms with Crippen LogP contribution in [0.4, 0.5) is 4.79 Å². The molecule has 5 heteroatoms. The van der Waals surface area contributed by atoms with Gasteiger partial charge in [-0.2, -0.15) is 0 Å². The first kappa shape index (κ1) is 11.3. The van der Waals surface area contributed by atoms with Crippen LogP contribution >= 0.6 is 11.6 Å². The predicted octanol–water partition coefficient (Wildman–Crippen LogP) is 1.34. The highest BCUT2D eigenvalue weighted by Crippen LogP contribution is 2.20. The van der Waals surface area contributed by atoms with Crippen LogP contribution in [0.3, 0.4) is 0 Å². The fraction of sp³-hybridized carbons (Fsp3) is 0.778. The Balaban J connectivity index is 2.70. The van der Waals surface area contributed by atoms with Gasteiger partial charge in [0.2, 0.25) is 0 Å². The number of halogens is 1. The zero-order valence-electron chi connectivity index (χ0n) is 8.47.